The molecule has 0 unspecified atom stereocenters. The molecule has 34 heavy (non-hydrogen) atoms. The highest BCUT2D eigenvalue weighted by atomic mass is 16.3. The quantitative estimate of drug-likeness (QED) is 0.485. The van der Waals surface area contributed by atoms with Gasteiger partial charge in [0, 0.05) is 13.1 Å². The molecule has 0 spiro atoms. The van der Waals surface area contributed by atoms with Gasteiger partial charge in [-0.2, -0.15) is 5.10 Å². The smallest absolute Gasteiger partial charge is 0.362 e. The van der Waals surface area contributed by atoms with Gasteiger partial charge >= 0.3 is 6.03 Å². The zero-order valence-electron chi connectivity index (χ0n) is 19.0. The molecule has 1 aliphatic heterocycles. The Hall–Kier alpha value is -3.77. The Morgan fingerprint density at radius 1 is 0.853 bits per heavy atom. The maximum Gasteiger partial charge on any atom is 0.362 e. The number of hydrogen-bond acceptors (Lipinski definition) is 4. The summed E-state index contributed by atoms with van der Waals surface area (Å²) in [6.45, 7) is 1.35. The zero-order chi connectivity index (χ0) is 23.4. The van der Waals surface area contributed by atoms with Gasteiger partial charge in [-0.05, 0) is 41.9 Å². The number of benzene rings is 3. The van der Waals surface area contributed by atoms with E-state index in [1.54, 1.807) is 4.90 Å². The maximum absolute atomic E-state index is 13.2. The van der Waals surface area contributed by atoms with Crippen molar-refractivity contribution in [2.75, 3.05) is 13.1 Å². The number of aliphatic hydroxyl groups is 1. The number of amides is 1. The minimum absolute atomic E-state index is 0.257. The summed E-state index contributed by atoms with van der Waals surface area (Å²) in [5.41, 5.74) is 1.48. The van der Waals surface area contributed by atoms with Gasteiger partial charge in [-0.3, -0.25) is 0 Å². The van der Waals surface area contributed by atoms with Gasteiger partial charge in [0.2, 0.25) is 0 Å². The maximum atomic E-state index is 13.2. The van der Waals surface area contributed by atoms with E-state index in [1.807, 2.05) is 66.7 Å². The van der Waals surface area contributed by atoms with Gasteiger partial charge in [0.15, 0.2) is 5.60 Å². The average Bonchev–Trinajstić information content (AvgIpc) is 3.41. The van der Waals surface area contributed by atoms with Crippen LogP contribution < -0.4 is 0 Å². The first-order valence-corrected chi connectivity index (χ1v) is 11.7. The summed E-state index contributed by atoms with van der Waals surface area (Å²) in [5.74, 6) is 0.564. The van der Waals surface area contributed by atoms with E-state index in [9.17, 15) is 9.90 Å². The number of nitrogens with zero attached hydrogens (tertiary/aromatic N) is 4. The van der Waals surface area contributed by atoms with E-state index in [1.165, 1.54) is 11.8 Å². The van der Waals surface area contributed by atoms with Crippen LogP contribution in [0, 0.1) is 5.92 Å². The molecule has 1 saturated heterocycles. The van der Waals surface area contributed by atoms with Crippen LogP contribution in [0.4, 0.5) is 4.79 Å². The third-order valence-corrected chi connectivity index (χ3v) is 6.67. The Labute approximate surface area is 199 Å². The third-order valence-electron chi connectivity index (χ3n) is 6.67. The molecule has 1 aromatic heterocycles. The molecule has 172 valence electrons. The lowest BCUT2D eigenvalue weighted by molar-refractivity contribution is 0.119. The topological polar surface area (TPSA) is 71.2 Å². The van der Waals surface area contributed by atoms with Crippen molar-refractivity contribution in [3.63, 3.8) is 0 Å². The molecule has 5 rings (SSSR count). The molecule has 0 saturated carbocycles. The molecule has 2 heterocycles. The summed E-state index contributed by atoms with van der Waals surface area (Å²) >= 11 is 0. The summed E-state index contributed by atoms with van der Waals surface area (Å²) in [4.78, 5) is 16.1. The lowest BCUT2D eigenvalue weighted by Gasteiger charge is -2.31. The van der Waals surface area contributed by atoms with Gasteiger partial charge in [-0.25, -0.2) is 4.79 Å². The van der Waals surface area contributed by atoms with Crippen molar-refractivity contribution in [1.82, 2.24) is 19.9 Å². The standard InChI is InChI=1S/C28H28N4O2/c33-27(31-18-16-23(17-19-31)20-22-10-4-1-5-11-22)32-29-21-26(30-32)28(34,24-12-6-2-7-13-24)25-14-8-3-9-15-25/h1-15,21,23,34H,16-20H2. The number of aromatic nitrogens is 3. The van der Waals surface area contributed by atoms with Crippen LogP contribution in [0.15, 0.2) is 97.2 Å². The van der Waals surface area contributed by atoms with Crippen molar-refractivity contribution in [2.24, 2.45) is 5.92 Å². The monoisotopic (exact) mass is 452 g/mol. The highest BCUT2D eigenvalue weighted by molar-refractivity contribution is 5.75. The largest absolute Gasteiger partial charge is 0.374 e. The molecule has 1 N–H and O–H groups in total. The zero-order valence-corrected chi connectivity index (χ0v) is 19.0. The number of likely N-dealkylation sites (tertiary alicyclic amines) is 1. The number of carbonyl (C=O) groups excluding carboxylic acids is 1. The fourth-order valence-corrected chi connectivity index (χ4v) is 4.74. The second kappa shape index (κ2) is 9.61. The number of hydrogen-bond donors (Lipinski definition) is 1. The van der Waals surface area contributed by atoms with Gasteiger partial charge in [0.1, 0.15) is 5.69 Å². The van der Waals surface area contributed by atoms with Gasteiger partial charge in [0.25, 0.3) is 0 Å². The van der Waals surface area contributed by atoms with Gasteiger partial charge < -0.3 is 10.0 Å². The second-order valence-electron chi connectivity index (χ2n) is 8.86. The van der Waals surface area contributed by atoms with Crippen LogP contribution in [-0.4, -0.2) is 44.1 Å². The molecular weight excluding hydrogens is 424 g/mol. The van der Waals surface area contributed by atoms with Gasteiger partial charge in [-0.1, -0.05) is 95.8 Å². The van der Waals surface area contributed by atoms with E-state index >= 15 is 0 Å². The number of carbonyl (C=O) groups is 1. The van der Waals surface area contributed by atoms with Gasteiger partial charge in [-0.15, -0.1) is 5.10 Å². The van der Waals surface area contributed by atoms with Crippen LogP contribution in [0.1, 0.15) is 35.2 Å². The highest BCUT2D eigenvalue weighted by Gasteiger charge is 2.37. The van der Waals surface area contributed by atoms with Crippen LogP contribution in [0.25, 0.3) is 0 Å². The predicted molar refractivity (Wildman–Crippen MR) is 130 cm³/mol. The molecular formula is C28H28N4O2. The molecule has 4 aromatic rings. The molecule has 6 heteroatoms. The Kier molecular flexibility index (Phi) is 6.23. The van der Waals surface area contributed by atoms with E-state index in [2.05, 4.69) is 34.5 Å². The molecule has 0 bridgehead atoms. The Balaban J connectivity index is 1.33. The number of rotatable bonds is 5. The van der Waals surface area contributed by atoms with E-state index < -0.39 is 5.60 Å². The predicted octanol–water partition coefficient (Wildman–Crippen LogP) is 4.49. The SMILES string of the molecule is O=C(N1CCC(Cc2ccccc2)CC1)n1ncc(C(O)(c2ccccc2)c2ccccc2)n1. The summed E-state index contributed by atoms with van der Waals surface area (Å²) in [6, 6.07) is 28.9. The first-order valence-electron chi connectivity index (χ1n) is 11.7. The summed E-state index contributed by atoms with van der Waals surface area (Å²) < 4.78 is 0. The average molecular weight is 453 g/mol. The fourth-order valence-electron chi connectivity index (χ4n) is 4.74. The Morgan fingerprint density at radius 3 is 1.94 bits per heavy atom. The lowest BCUT2D eigenvalue weighted by Crippen LogP contribution is -2.42. The van der Waals surface area contributed by atoms with E-state index in [0.717, 1.165) is 24.1 Å². The first-order chi connectivity index (χ1) is 16.6. The molecule has 0 atom stereocenters. The molecule has 1 amide bonds. The van der Waals surface area contributed by atoms with Crippen LogP contribution in [-0.2, 0) is 12.0 Å². The van der Waals surface area contributed by atoms with Crippen molar-refractivity contribution in [3.05, 3.63) is 120 Å². The Bertz CT molecular complexity index is 1180. The van der Waals surface area contributed by atoms with Crippen LogP contribution in [0.5, 0.6) is 0 Å². The molecule has 0 radical (unpaired) electrons. The van der Waals surface area contributed by atoms with Crippen molar-refractivity contribution in [1.29, 1.82) is 0 Å². The highest BCUT2D eigenvalue weighted by Crippen LogP contribution is 2.35. The molecule has 6 nitrogen and oxygen atoms in total. The molecule has 3 aromatic carbocycles. The van der Waals surface area contributed by atoms with Crippen molar-refractivity contribution in [3.8, 4) is 0 Å². The van der Waals surface area contributed by atoms with Crippen LogP contribution in [0.3, 0.4) is 0 Å². The Morgan fingerprint density at radius 2 is 1.38 bits per heavy atom. The number of piperidine rings is 1. The summed E-state index contributed by atoms with van der Waals surface area (Å²) in [6.07, 6.45) is 4.42. The van der Waals surface area contributed by atoms with Crippen molar-refractivity contribution in [2.45, 2.75) is 24.9 Å². The first kappa shape index (κ1) is 22.0. The minimum Gasteiger partial charge on any atom is -0.374 e. The summed E-state index contributed by atoms with van der Waals surface area (Å²) in [7, 11) is 0. The van der Waals surface area contributed by atoms with Crippen LogP contribution in [0.2, 0.25) is 0 Å². The van der Waals surface area contributed by atoms with E-state index in [0.29, 0.717) is 35.8 Å². The molecule has 1 aliphatic rings. The molecule has 1 fully saturated rings. The van der Waals surface area contributed by atoms with Crippen LogP contribution >= 0.6 is 0 Å². The minimum atomic E-state index is -1.51. The molecule has 0 aliphatic carbocycles. The van der Waals surface area contributed by atoms with Crippen molar-refractivity contribution < 1.29 is 9.90 Å². The normalized spacial score (nSPS) is 14.8. The lowest BCUT2D eigenvalue weighted by atomic mass is 9.84. The van der Waals surface area contributed by atoms with E-state index in [-0.39, 0.29) is 6.03 Å². The summed E-state index contributed by atoms with van der Waals surface area (Å²) in [5, 5.41) is 20.6. The third kappa shape index (κ3) is 4.37. The second-order valence-corrected chi connectivity index (χ2v) is 8.86. The van der Waals surface area contributed by atoms with E-state index in [4.69, 9.17) is 0 Å². The van der Waals surface area contributed by atoms with Gasteiger partial charge in [0.05, 0.1) is 6.20 Å². The fraction of sp³-hybridized carbons (Fsp3) is 0.250. The van der Waals surface area contributed by atoms with Crippen molar-refractivity contribution >= 4 is 6.03 Å².